The van der Waals surface area contributed by atoms with E-state index >= 15 is 0 Å². The van der Waals surface area contributed by atoms with Gasteiger partial charge in [-0.3, -0.25) is 33.8 Å². The molecule has 184 valence electrons. The smallest absolute Gasteiger partial charge is 0.261 e. The second kappa shape index (κ2) is 8.80. The molecule has 0 radical (unpaired) electrons. The van der Waals surface area contributed by atoms with Gasteiger partial charge in [-0.2, -0.15) is 0 Å². The lowest BCUT2D eigenvalue weighted by molar-refractivity contribution is 0.0533. The Labute approximate surface area is 209 Å². The van der Waals surface area contributed by atoms with Crippen molar-refractivity contribution in [2.45, 2.75) is 76.3 Å². The van der Waals surface area contributed by atoms with E-state index in [-0.39, 0.29) is 63.7 Å². The lowest BCUT2D eigenvalue weighted by atomic mass is 9.94. The molecule has 7 heteroatoms. The molecule has 7 nitrogen and oxygen atoms in total. The molecule has 0 bridgehead atoms. The van der Waals surface area contributed by atoms with Crippen LogP contribution < -0.4 is 0 Å². The van der Waals surface area contributed by atoms with Crippen molar-refractivity contribution >= 4 is 29.4 Å². The Morgan fingerprint density at radius 1 is 0.528 bits per heavy atom. The third kappa shape index (κ3) is 3.52. The standard InChI is InChI=1S/C29H28N2O5/c32-25(17-11-13-21-23(15-17)28(35)30(26(21)33)19-7-3-1-4-8-19)18-12-14-22-24(16-18)29(36)31(27(22)34)20-9-5-2-6-10-20/h11-16,19-20H,1-10H2. The van der Waals surface area contributed by atoms with E-state index in [1.54, 1.807) is 24.3 Å². The summed E-state index contributed by atoms with van der Waals surface area (Å²) in [6.45, 7) is 0. The first-order valence-electron chi connectivity index (χ1n) is 13.0. The Hall–Kier alpha value is -3.61. The van der Waals surface area contributed by atoms with Crippen molar-refractivity contribution in [2.75, 3.05) is 0 Å². The molecule has 0 N–H and O–H groups in total. The van der Waals surface area contributed by atoms with E-state index in [2.05, 4.69) is 0 Å². The van der Waals surface area contributed by atoms with Crippen LogP contribution in [0.1, 0.15) is 122 Å². The van der Waals surface area contributed by atoms with E-state index in [0.717, 1.165) is 64.2 Å². The van der Waals surface area contributed by atoms with Crippen LogP contribution in [0.4, 0.5) is 0 Å². The molecule has 2 saturated carbocycles. The summed E-state index contributed by atoms with van der Waals surface area (Å²) in [6.07, 6.45) is 9.50. The van der Waals surface area contributed by atoms with Crippen LogP contribution >= 0.6 is 0 Å². The SMILES string of the molecule is O=C(c1ccc2c(c1)C(=O)N(C1CCCCC1)C2=O)c1ccc2c(c1)C(=O)N(C1CCCCC1)C2=O. The normalized spacial score (nSPS) is 20.8. The Kier molecular flexibility index (Phi) is 5.58. The minimum Gasteiger partial charge on any atom is -0.289 e. The Morgan fingerprint density at radius 2 is 0.889 bits per heavy atom. The molecular formula is C29H28N2O5. The second-order valence-electron chi connectivity index (χ2n) is 10.4. The molecule has 0 atom stereocenters. The van der Waals surface area contributed by atoms with Crippen molar-refractivity contribution < 1.29 is 24.0 Å². The van der Waals surface area contributed by atoms with E-state index < -0.39 is 0 Å². The third-order valence-corrected chi connectivity index (χ3v) is 8.24. The number of hydrogen-bond donors (Lipinski definition) is 0. The van der Waals surface area contributed by atoms with Gasteiger partial charge in [-0.05, 0) is 49.9 Å². The molecule has 4 amide bonds. The van der Waals surface area contributed by atoms with Gasteiger partial charge < -0.3 is 0 Å². The van der Waals surface area contributed by atoms with Gasteiger partial charge in [-0.15, -0.1) is 0 Å². The average molecular weight is 485 g/mol. The number of fused-ring (bicyclic) bond motifs is 2. The first-order chi connectivity index (χ1) is 17.5. The summed E-state index contributed by atoms with van der Waals surface area (Å²) in [5, 5.41) is 0. The summed E-state index contributed by atoms with van der Waals surface area (Å²) >= 11 is 0. The van der Waals surface area contributed by atoms with E-state index in [9.17, 15) is 24.0 Å². The lowest BCUT2D eigenvalue weighted by Gasteiger charge is -2.29. The monoisotopic (exact) mass is 484 g/mol. The molecule has 0 saturated heterocycles. The first kappa shape index (κ1) is 22.8. The minimum absolute atomic E-state index is 0.0855. The van der Waals surface area contributed by atoms with Crippen molar-refractivity contribution in [2.24, 2.45) is 0 Å². The maximum absolute atomic E-state index is 13.4. The van der Waals surface area contributed by atoms with E-state index in [1.165, 1.54) is 21.9 Å². The van der Waals surface area contributed by atoms with Crippen molar-refractivity contribution in [3.63, 3.8) is 0 Å². The highest BCUT2D eigenvalue weighted by molar-refractivity contribution is 6.24. The number of carbonyl (C=O) groups is 5. The fourth-order valence-electron chi connectivity index (χ4n) is 6.31. The predicted molar refractivity (Wildman–Crippen MR) is 131 cm³/mol. The molecule has 2 aliphatic heterocycles. The fraction of sp³-hybridized carbons (Fsp3) is 0.414. The van der Waals surface area contributed by atoms with Gasteiger partial charge in [0.25, 0.3) is 23.6 Å². The zero-order valence-electron chi connectivity index (χ0n) is 20.1. The molecule has 0 unspecified atom stereocenters. The number of amides is 4. The molecule has 2 aliphatic carbocycles. The summed E-state index contributed by atoms with van der Waals surface area (Å²) in [7, 11) is 0. The largest absolute Gasteiger partial charge is 0.289 e. The molecule has 0 spiro atoms. The van der Waals surface area contributed by atoms with Gasteiger partial charge in [0.05, 0.1) is 22.3 Å². The lowest BCUT2D eigenvalue weighted by Crippen LogP contribution is -2.40. The minimum atomic E-state index is -0.353. The third-order valence-electron chi connectivity index (χ3n) is 8.24. The molecule has 2 aromatic rings. The number of ketones is 1. The van der Waals surface area contributed by atoms with E-state index in [4.69, 9.17) is 0 Å². The van der Waals surface area contributed by atoms with Gasteiger partial charge >= 0.3 is 0 Å². The molecule has 0 aromatic heterocycles. The van der Waals surface area contributed by atoms with Gasteiger partial charge in [0.1, 0.15) is 0 Å². The first-order valence-corrected chi connectivity index (χ1v) is 13.0. The van der Waals surface area contributed by atoms with Crippen LogP contribution in [0.5, 0.6) is 0 Å². The quantitative estimate of drug-likeness (QED) is 0.460. The number of imide groups is 2. The number of hydrogen-bond acceptors (Lipinski definition) is 5. The van der Waals surface area contributed by atoms with Crippen LogP contribution in [0.15, 0.2) is 36.4 Å². The molecule has 4 aliphatic rings. The van der Waals surface area contributed by atoms with Crippen LogP contribution in [0.3, 0.4) is 0 Å². The van der Waals surface area contributed by atoms with Gasteiger partial charge in [0.2, 0.25) is 0 Å². The second-order valence-corrected chi connectivity index (χ2v) is 10.4. The van der Waals surface area contributed by atoms with Crippen LogP contribution in [0.2, 0.25) is 0 Å². The van der Waals surface area contributed by atoms with Gasteiger partial charge in [0.15, 0.2) is 5.78 Å². The number of carbonyl (C=O) groups excluding carboxylic acids is 5. The van der Waals surface area contributed by atoms with Crippen molar-refractivity contribution in [1.29, 1.82) is 0 Å². The van der Waals surface area contributed by atoms with Crippen LogP contribution in [0, 0.1) is 0 Å². The maximum atomic E-state index is 13.4. The maximum Gasteiger partial charge on any atom is 0.261 e. The highest BCUT2D eigenvalue weighted by Crippen LogP contribution is 2.34. The summed E-state index contributed by atoms with van der Waals surface area (Å²) < 4.78 is 0. The highest BCUT2D eigenvalue weighted by atomic mass is 16.2. The van der Waals surface area contributed by atoms with E-state index in [0.29, 0.717) is 11.1 Å². The van der Waals surface area contributed by atoms with Crippen LogP contribution in [-0.4, -0.2) is 51.3 Å². The zero-order chi connectivity index (χ0) is 25.0. The van der Waals surface area contributed by atoms with Crippen molar-refractivity contribution in [1.82, 2.24) is 9.80 Å². The highest BCUT2D eigenvalue weighted by Gasteiger charge is 2.42. The van der Waals surface area contributed by atoms with Gasteiger partial charge in [-0.25, -0.2) is 0 Å². The van der Waals surface area contributed by atoms with Crippen LogP contribution in [-0.2, 0) is 0 Å². The van der Waals surface area contributed by atoms with Crippen LogP contribution in [0.25, 0.3) is 0 Å². The molecule has 2 heterocycles. The molecule has 6 rings (SSSR count). The summed E-state index contributed by atoms with van der Waals surface area (Å²) in [5.74, 6) is -1.60. The summed E-state index contributed by atoms with van der Waals surface area (Å²) in [4.78, 5) is 68.3. The average Bonchev–Trinajstić information content (AvgIpc) is 3.32. The predicted octanol–water partition coefficient (Wildman–Crippen LogP) is 4.78. The number of rotatable bonds is 4. The fourth-order valence-corrected chi connectivity index (χ4v) is 6.31. The van der Waals surface area contributed by atoms with Gasteiger partial charge in [-0.1, -0.05) is 50.7 Å². The Balaban J connectivity index is 1.27. The Bertz CT molecular complexity index is 1220. The molecule has 36 heavy (non-hydrogen) atoms. The van der Waals surface area contributed by atoms with Gasteiger partial charge in [0, 0.05) is 23.2 Å². The topological polar surface area (TPSA) is 91.8 Å². The Morgan fingerprint density at radius 3 is 1.28 bits per heavy atom. The zero-order valence-corrected chi connectivity index (χ0v) is 20.1. The molecular weight excluding hydrogens is 456 g/mol. The summed E-state index contributed by atoms with van der Waals surface area (Å²) in [5.41, 5.74) is 1.74. The van der Waals surface area contributed by atoms with Crippen molar-refractivity contribution in [3.05, 3.63) is 69.8 Å². The van der Waals surface area contributed by atoms with E-state index in [1.807, 2.05) is 0 Å². The number of nitrogens with zero attached hydrogens (tertiary/aromatic N) is 2. The van der Waals surface area contributed by atoms with Crippen molar-refractivity contribution in [3.8, 4) is 0 Å². The summed E-state index contributed by atoms with van der Waals surface area (Å²) in [6, 6.07) is 9.05. The number of benzene rings is 2. The molecule has 2 fully saturated rings. The molecule has 2 aromatic carbocycles.